The van der Waals surface area contributed by atoms with E-state index in [0.29, 0.717) is 12.5 Å². The van der Waals surface area contributed by atoms with Crippen molar-refractivity contribution in [3.05, 3.63) is 70.8 Å². The number of carbonyl (C=O) groups is 3. The number of nitrogens with zero attached hydrogens (tertiary/aromatic N) is 1. The number of hydrogen-bond acceptors (Lipinski definition) is 4. The summed E-state index contributed by atoms with van der Waals surface area (Å²) in [5.41, 5.74) is 3.00. The van der Waals surface area contributed by atoms with E-state index >= 15 is 0 Å². The molecule has 2 aromatic carbocycles. The van der Waals surface area contributed by atoms with E-state index in [-0.39, 0.29) is 24.3 Å². The number of aryl methyl sites for hydroxylation is 1. The third-order valence-electron chi connectivity index (χ3n) is 7.71. The molecule has 43 heavy (non-hydrogen) atoms. The Morgan fingerprint density at radius 2 is 1.58 bits per heavy atom. The molecule has 0 radical (unpaired) electrons. The van der Waals surface area contributed by atoms with Gasteiger partial charge in [-0.05, 0) is 89.0 Å². The first-order valence-electron chi connectivity index (χ1n) is 15.9. The van der Waals surface area contributed by atoms with E-state index in [9.17, 15) is 14.4 Å². The fourth-order valence-electron chi connectivity index (χ4n) is 5.16. The lowest BCUT2D eigenvalue weighted by molar-refractivity contribution is -0.145. The van der Waals surface area contributed by atoms with E-state index in [1.54, 1.807) is 25.7 Å². The number of benzene rings is 2. The molecule has 0 heterocycles. The zero-order valence-electron chi connectivity index (χ0n) is 28.0. The summed E-state index contributed by atoms with van der Waals surface area (Å²) in [7, 11) is 0. The second kappa shape index (κ2) is 17.1. The average molecular weight is 594 g/mol. The smallest absolute Gasteiger partial charge is 0.408 e. The van der Waals surface area contributed by atoms with E-state index in [0.717, 1.165) is 54.4 Å². The van der Waals surface area contributed by atoms with Crippen LogP contribution in [-0.4, -0.2) is 47.0 Å². The molecule has 3 amide bonds. The molecule has 0 saturated heterocycles. The van der Waals surface area contributed by atoms with Crippen molar-refractivity contribution >= 4 is 17.9 Å². The molecule has 0 aromatic heterocycles. The maximum atomic E-state index is 14.8. The Hall–Kier alpha value is -3.35. The lowest BCUT2D eigenvalue weighted by atomic mass is 9.92. The molecular weight excluding hydrogens is 538 g/mol. The number of amides is 3. The largest absolute Gasteiger partial charge is 0.444 e. The second-order valence-corrected chi connectivity index (χ2v) is 13.1. The van der Waals surface area contributed by atoms with Gasteiger partial charge in [-0.1, -0.05) is 82.1 Å². The topological polar surface area (TPSA) is 87.7 Å². The summed E-state index contributed by atoms with van der Waals surface area (Å²) in [5.74, 6) is -0.0766. The van der Waals surface area contributed by atoms with E-state index < -0.39 is 23.8 Å². The van der Waals surface area contributed by atoms with Crippen molar-refractivity contribution < 1.29 is 19.1 Å². The van der Waals surface area contributed by atoms with Gasteiger partial charge in [0.05, 0.1) is 0 Å². The summed E-state index contributed by atoms with van der Waals surface area (Å²) in [4.78, 5) is 43.7. The molecule has 2 aromatic rings. The summed E-state index contributed by atoms with van der Waals surface area (Å²) in [5, 5.41) is 6.00. The predicted molar refractivity (Wildman–Crippen MR) is 175 cm³/mol. The van der Waals surface area contributed by atoms with Crippen molar-refractivity contribution in [2.45, 2.75) is 125 Å². The van der Waals surface area contributed by atoms with E-state index in [4.69, 9.17) is 4.74 Å². The second-order valence-electron chi connectivity index (χ2n) is 13.1. The molecule has 0 fully saturated rings. The normalized spacial score (nSPS) is 13.6. The summed E-state index contributed by atoms with van der Waals surface area (Å²) in [6, 6.07) is 13.5. The molecule has 0 aliphatic carbocycles. The molecule has 0 bridgehead atoms. The average Bonchev–Trinajstić information content (AvgIpc) is 2.93. The minimum atomic E-state index is -0.931. The molecular formula is C36H55N3O4. The summed E-state index contributed by atoms with van der Waals surface area (Å²) >= 11 is 0. The third-order valence-corrected chi connectivity index (χ3v) is 7.71. The van der Waals surface area contributed by atoms with Crippen molar-refractivity contribution in [2.24, 2.45) is 5.92 Å². The molecule has 0 aliphatic heterocycles. The van der Waals surface area contributed by atoms with E-state index in [2.05, 4.69) is 31.4 Å². The minimum Gasteiger partial charge on any atom is -0.444 e. The molecule has 0 saturated carbocycles. The quantitative estimate of drug-likeness (QED) is 0.210. The number of alkyl carbamates (subject to hydrolysis) is 1. The van der Waals surface area contributed by atoms with Gasteiger partial charge in [-0.3, -0.25) is 9.59 Å². The number of nitrogens with one attached hydrogen (secondary N) is 2. The number of unbranched alkanes of at least 4 members (excludes halogenated alkanes) is 2. The zero-order chi connectivity index (χ0) is 32.2. The molecule has 3 atom stereocenters. The van der Waals surface area contributed by atoms with Gasteiger partial charge in [0.15, 0.2) is 0 Å². The number of ether oxygens (including phenoxy) is 1. The Labute approximate surface area is 260 Å². The maximum Gasteiger partial charge on any atom is 0.408 e. The highest BCUT2D eigenvalue weighted by Crippen LogP contribution is 2.31. The maximum absolute atomic E-state index is 14.8. The van der Waals surface area contributed by atoms with Gasteiger partial charge in [0.25, 0.3) is 0 Å². The van der Waals surface area contributed by atoms with Crippen LogP contribution in [0, 0.1) is 19.8 Å². The van der Waals surface area contributed by atoms with Gasteiger partial charge in [-0.25, -0.2) is 4.79 Å². The van der Waals surface area contributed by atoms with Crippen molar-refractivity contribution in [1.29, 1.82) is 0 Å². The first-order chi connectivity index (χ1) is 20.2. The van der Waals surface area contributed by atoms with Crippen LogP contribution in [0.5, 0.6) is 0 Å². The van der Waals surface area contributed by atoms with Crippen LogP contribution in [0.15, 0.2) is 48.5 Å². The third kappa shape index (κ3) is 11.7. The van der Waals surface area contributed by atoms with Crippen LogP contribution in [0.2, 0.25) is 0 Å². The molecule has 7 heteroatoms. The molecule has 7 nitrogen and oxygen atoms in total. The van der Waals surface area contributed by atoms with Crippen molar-refractivity contribution in [3.63, 3.8) is 0 Å². The predicted octanol–water partition coefficient (Wildman–Crippen LogP) is 7.44. The fourth-order valence-corrected chi connectivity index (χ4v) is 5.16. The van der Waals surface area contributed by atoms with Gasteiger partial charge in [0, 0.05) is 19.0 Å². The summed E-state index contributed by atoms with van der Waals surface area (Å²) < 4.78 is 5.58. The Bertz CT molecular complexity index is 1170. The van der Waals surface area contributed by atoms with E-state index in [1.807, 2.05) is 69.3 Å². The van der Waals surface area contributed by atoms with Crippen molar-refractivity contribution in [1.82, 2.24) is 15.5 Å². The van der Waals surface area contributed by atoms with Crippen LogP contribution >= 0.6 is 0 Å². The van der Waals surface area contributed by atoms with Crippen LogP contribution in [0.25, 0.3) is 0 Å². The van der Waals surface area contributed by atoms with Crippen molar-refractivity contribution in [2.75, 3.05) is 6.54 Å². The standard InChI is InChI=1S/C36H55N3O4/c1-10-11-15-23-37-33(40)32(30-20-16-17-26(4)28(30)6)39(27(5)22-21-25(2)3)34(41)31(24-29-18-13-12-14-19-29)38-35(42)43-36(7,8)9/h12-14,16-20,25,27,31-32H,10-11,15,21-24H2,1-9H3,(H,37,40)(H,38,42). The van der Waals surface area contributed by atoms with Crippen LogP contribution in [0.4, 0.5) is 4.79 Å². The van der Waals surface area contributed by atoms with Crippen LogP contribution in [0.3, 0.4) is 0 Å². The van der Waals surface area contributed by atoms with Crippen LogP contribution < -0.4 is 10.6 Å². The first-order valence-corrected chi connectivity index (χ1v) is 15.9. The Balaban J connectivity index is 2.65. The highest BCUT2D eigenvalue weighted by atomic mass is 16.6. The van der Waals surface area contributed by atoms with Gasteiger partial charge in [0.2, 0.25) is 11.8 Å². The molecule has 0 spiro atoms. The Kier molecular flexibility index (Phi) is 14.2. The number of carbonyl (C=O) groups excluding carboxylic acids is 3. The summed E-state index contributed by atoms with van der Waals surface area (Å²) in [6.45, 7) is 18.4. The molecule has 2 N–H and O–H groups in total. The van der Waals surface area contributed by atoms with Gasteiger partial charge < -0.3 is 20.3 Å². The summed E-state index contributed by atoms with van der Waals surface area (Å²) in [6.07, 6.45) is 4.15. The van der Waals surface area contributed by atoms with Gasteiger partial charge in [0.1, 0.15) is 17.7 Å². The highest BCUT2D eigenvalue weighted by molar-refractivity contribution is 5.92. The molecule has 2 rings (SSSR count). The Morgan fingerprint density at radius 1 is 0.907 bits per heavy atom. The number of rotatable bonds is 15. The molecule has 3 unspecified atom stereocenters. The monoisotopic (exact) mass is 593 g/mol. The molecule has 0 aliphatic rings. The lowest BCUT2D eigenvalue weighted by Crippen LogP contribution is -2.56. The lowest BCUT2D eigenvalue weighted by Gasteiger charge is -2.39. The zero-order valence-corrected chi connectivity index (χ0v) is 28.0. The first kappa shape index (κ1) is 35.8. The Morgan fingerprint density at radius 3 is 2.19 bits per heavy atom. The highest BCUT2D eigenvalue weighted by Gasteiger charge is 2.39. The van der Waals surface area contributed by atoms with Crippen LogP contribution in [-0.2, 0) is 20.7 Å². The van der Waals surface area contributed by atoms with E-state index in [1.165, 1.54) is 0 Å². The minimum absolute atomic E-state index is 0.203. The SMILES string of the molecule is CCCCCNC(=O)C(c1cccc(C)c1C)N(C(=O)C(Cc1ccccc1)NC(=O)OC(C)(C)C)C(C)CCC(C)C. The van der Waals surface area contributed by atoms with Gasteiger partial charge in [-0.2, -0.15) is 0 Å². The van der Waals surface area contributed by atoms with Crippen molar-refractivity contribution in [3.8, 4) is 0 Å². The van der Waals surface area contributed by atoms with Gasteiger partial charge >= 0.3 is 6.09 Å². The number of hydrogen-bond donors (Lipinski definition) is 2. The van der Waals surface area contributed by atoms with Gasteiger partial charge in [-0.15, -0.1) is 0 Å². The fraction of sp³-hybridized carbons (Fsp3) is 0.583. The molecule has 238 valence electrons. The van der Waals surface area contributed by atoms with Crippen LogP contribution in [0.1, 0.15) is 109 Å².